The van der Waals surface area contributed by atoms with Gasteiger partial charge in [-0.05, 0) is 25.0 Å². The lowest BCUT2D eigenvalue weighted by Crippen LogP contribution is -2.37. The van der Waals surface area contributed by atoms with E-state index in [9.17, 15) is 4.79 Å². The minimum atomic E-state index is -0.00837. The van der Waals surface area contributed by atoms with Crippen LogP contribution >= 0.6 is 11.3 Å². The number of fused-ring (bicyclic) bond motifs is 1. The molecule has 2 aromatic rings. The Hall–Kier alpha value is -1.88. The van der Waals surface area contributed by atoms with Gasteiger partial charge in [-0.3, -0.25) is 4.79 Å². The lowest BCUT2D eigenvalue weighted by molar-refractivity contribution is -0.124. The Morgan fingerprint density at radius 1 is 1.50 bits per heavy atom. The van der Waals surface area contributed by atoms with Gasteiger partial charge in [-0.15, -0.1) is 11.3 Å². The predicted octanol–water partition coefficient (Wildman–Crippen LogP) is 2.35. The fourth-order valence-electron chi connectivity index (χ4n) is 2.42. The average Bonchev–Trinajstić information content (AvgIpc) is 2.90. The van der Waals surface area contributed by atoms with E-state index < -0.39 is 0 Å². The van der Waals surface area contributed by atoms with Crippen LogP contribution in [0.5, 0.6) is 0 Å². The summed E-state index contributed by atoms with van der Waals surface area (Å²) < 4.78 is 0. The standard InChI is InChI=1S/C15H17N3OS/c1-10-7-17-14(20-10)9-18-15(19)12-6-11-4-2-3-5-13(11)16-8-12/h2-5,7,12,16H,6,8-9H2,1H3,(H,18,19). The maximum absolute atomic E-state index is 12.2. The Bertz CT molecular complexity index is 623. The highest BCUT2D eigenvalue weighted by Gasteiger charge is 2.24. The second kappa shape index (κ2) is 5.63. The Kier molecular flexibility index (Phi) is 3.69. The van der Waals surface area contributed by atoms with Gasteiger partial charge in [0, 0.05) is 23.3 Å². The van der Waals surface area contributed by atoms with E-state index in [0.29, 0.717) is 13.1 Å². The van der Waals surface area contributed by atoms with Crippen LogP contribution in [0.4, 0.5) is 5.69 Å². The van der Waals surface area contributed by atoms with Crippen molar-refractivity contribution in [3.05, 3.63) is 45.9 Å². The molecule has 1 aromatic heterocycles. The first-order valence-corrected chi connectivity index (χ1v) is 7.55. The van der Waals surface area contributed by atoms with Crippen LogP contribution in [0.1, 0.15) is 15.4 Å². The largest absolute Gasteiger partial charge is 0.384 e. The monoisotopic (exact) mass is 287 g/mol. The average molecular weight is 287 g/mol. The Balaban J connectivity index is 1.59. The number of aromatic nitrogens is 1. The molecule has 0 aliphatic carbocycles. The summed E-state index contributed by atoms with van der Waals surface area (Å²) in [4.78, 5) is 17.6. The van der Waals surface area contributed by atoms with Crippen molar-refractivity contribution in [2.24, 2.45) is 5.92 Å². The van der Waals surface area contributed by atoms with Gasteiger partial charge in [0.2, 0.25) is 5.91 Å². The first-order valence-electron chi connectivity index (χ1n) is 6.73. The van der Waals surface area contributed by atoms with Crippen LogP contribution in [0.2, 0.25) is 0 Å². The van der Waals surface area contributed by atoms with Crippen molar-refractivity contribution in [1.82, 2.24) is 10.3 Å². The van der Waals surface area contributed by atoms with Gasteiger partial charge < -0.3 is 10.6 Å². The molecule has 1 aliphatic heterocycles. The highest BCUT2D eigenvalue weighted by Crippen LogP contribution is 2.24. The fraction of sp³-hybridized carbons (Fsp3) is 0.333. The van der Waals surface area contributed by atoms with Crippen LogP contribution in [0.3, 0.4) is 0 Å². The smallest absolute Gasteiger partial charge is 0.225 e. The summed E-state index contributed by atoms with van der Waals surface area (Å²) in [6.45, 7) is 3.24. The summed E-state index contributed by atoms with van der Waals surface area (Å²) >= 11 is 1.62. The third-order valence-electron chi connectivity index (χ3n) is 3.48. The molecule has 1 atom stereocenters. The summed E-state index contributed by atoms with van der Waals surface area (Å²) in [5.41, 5.74) is 2.36. The molecule has 2 heterocycles. The van der Waals surface area contributed by atoms with Crippen LogP contribution in [0.15, 0.2) is 30.5 Å². The van der Waals surface area contributed by atoms with Crippen molar-refractivity contribution < 1.29 is 4.79 Å². The number of hydrogen-bond donors (Lipinski definition) is 2. The number of anilines is 1. The highest BCUT2D eigenvalue weighted by atomic mass is 32.1. The third-order valence-corrected chi connectivity index (χ3v) is 4.39. The van der Waals surface area contributed by atoms with Gasteiger partial charge in [-0.25, -0.2) is 4.98 Å². The second-order valence-electron chi connectivity index (χ2n) is 5.02. The Labute approximate surface area is 122 Å². The van der Waals surface area contributed by atoms with Crippen LogP contribution < -0.4 is 10.6 Å². The molecule has 3 rings (SSSR count). The molecule has 1 aromatic carbocycles. The SMILES string of the molecule is Cc1cnc(CNC(=O)C2CNc3ccccc3C2)s1. The van der Waals surface area contributed by atoms with Crippen molar-refractivity contribution in [1.29, 1.82) is 0 Å². The molecular weight excluding hydrogens is 270 g/mol. The molecule has 0 fully saturated rings. The zero-order valence-corrected chi connectivity index (χ0v) is 12.2. The number of benzene rings is 1. The lowest BCUT2D eigenvalue weighted by Gasteiger charge is -2.25. The Morgan fingerprint density at radius 2 is 2.35 bits per heavy atom. The number of hydrogen-bond acceptors (Lipinski definition) is 4. The summed E-state index contributed by atoms with van der Waals surface area (Å²) in [5, 5.41) is 7.26. The zero-order valence-electron chi connectivity index (χ0n) is 11.3. The van der Waals surface area contributed by atoms with E-state index in [1.54, 1.807) is 11.3 Å². The van der Waals surface area contributed by atoms with Crippen molar-refractivity contribution in [3.63, 3.8) is 0 Å². The van der Waals surface area contributed by atoms with Crippen molar-refractivity contribution >= 4 is 22.9 Å². The normalized spacial score (nSPS) is 17.1. The van der Waals surface area contributed by atoms with Gasteiger partial charge in [0.1, 0.15) is 5.01 Å². The van der Waals surface area contributed by atoms with Crippen molar-refractivity contribution in [2.45, 2.75) is 19.9 Å². The quantitative estimate of drug-likeness (QED) is 0.911. The van der Waals surface area contributed by atoms with Crippen LogP contribution in [0, 0.1) is 12.8 Å². The lowest BCUT2D eigenvalue weighted by atomic mass is 9.93. The summed E-state index contributed by atoms with van der Waals surface area (Å²) in [5.74, 6) is 0.0887. The molecule has 0 saturated carbocycles. The molecule has 0 radical (unpaired) electrons. The number of para-hydroxylation sites is 1. The third kappa shape index (κ3) is 2.82. The highest BCUT2D eigenvalue weighted by molar-refractivity contribution is 7.11. The molecule has 2 N–H and O–H groups in total. The van der Waals surface area contributed by atoms with Crippen molar-refractivity contribution in [3.8, 4) is 0 Å². The number of carbonyl (C=O) groups excluding carboxylic acids is 1. The molecule has 0 spiro atoms. The Morgan fingerprint density at radius 3 is 3.15 bits per heavy atom. The molecule has 0 saturated heterocycles. The van der Waals surface area contributed by atoms with E-state index in [0.717, 1.165) is 17.1 Å². The first kappa shape index (κ1) is 13.1. The second-order valence-corrected chi connectivity index (χ2v) is 6.34. The number of nitrogens with one attached hydrogen (secondary N) is 2. The summed E-state index contributed by atoms with van der Waals surface area (Å²) in [6.07, 6.45) is 2.64. The van der Waals surface area contributed by atoms with E-state index in [-0.39, 0.29) is 11.8 Å². The topological polar surface area (TPSA) is 54.0 Å². The van der Waals surface area contributed by atoms with Gasteiger partial charge >= 0.3 is 0 Å². The molecule has 104 valence electrons. The minimum Gasteiger partial charge on any atom is -0.384 e. The summed E-state index contributed by atoms with van der Waals surface area (Å²) in [7, 11) is 0. The van der Waals surface area contributed by atoms with Gasteiger partial charge in [-0.2, -0.15) is 0 Å². The van der Waals surface area contributed by atoms with Gasteiger partial charge in [-0.1, -0.05) is 18.2 Å². The van der Waals surface area contributed by atoms with Crippen LogP contribution in [-0.2, 0) is 17.8 Å². The first-order chi connectivity index (χ1) is 9.72. The molecule has 1 aliphatic rings. The molecule has 20 heavy (non-hydrogen) atoms. The number of aryl methyl sites for hydroxylation is 1. The van der Waals surface area contributed by atoms with Gasteiger partial charge in [0.05, 0.1) is 12.5 Å². The molecule has 5 heteroatoms. The van der Waals surface area contributed by atoms with Crippen molar-refractivity contribution in [2.75, 3.05) is 11.9 Å². The molecule has 0 bridgehead atoms. The molecule has 1 amide bonds. The number of amides is 1. The van der Waals surface area contributed by atoms with Crippen LogP contribution in [0.25, 0.3) is 0 Å². The van der Waals surface area contributed by atoms with Crippen LogP contribution in [-0.4, -0.2) is 17.4 Å². The van der Waals surface area contributed by atoms with E-state index in [1.807, 2.05) is 25.3 Å². The number of rotatable bonds is 3. The number of nitrogens with zero attached hydrogens (tertiary/aromatic N) is 1. The fourth-order valence-corrected chi connectivity index (χ4v) is 3.14. The molecular formula is C15H17N3OS. The van der Waals surface area contributed by atoms with Gasteiger partial charge in [0.25, 0.3) is 0 Å². The number of carbonyl (C=O) groups is 1. The maximum atomic E-state index is 12.2. The number of thiazole rings is 1. The van der Waals surface area contributed by atoms with Gasteiger partial charge in [0.15, 0.2) is 0 Å². The summed E-state index contributed by atoms with van der Waals surface area (Å²) in [6, 6.07) is 8.16. The minimum absolute atomic E-state index is 0.00837. The van der Waals surface area contributed by atoms with E-state index in [4.69, 9.17) is 0 Å². The van der Waals surface area contributed by atoms with E-state index in [2.05, 4.69) is 27.8 Å². The van der Waals surface area contributed by atoms with E-state index >= 15 is 0 Å². The molecule has 1 unspecified atom stereocenters. The molecule has 4 nitrogen and oxygen atoms in total. The zero-order chi connectivity index (χ0) is 13.9. The van der Waals surface area contributed by atoms with E-state index in [1.165, 1.54) is 10.4 Å². The predicted molar refractivity (Wildman–Crippen MR) is 80.8 cm³/mol. The maximum Gasteiger partial charge on any atom is 0.225 e.